The van der Waals surface area contributed by atoms with Gasteiger partial charge in [0.1, 0.15) is 0 Å². The SMILES string of the molecule is NC(=O)Nc1ccc(C(=O)NCC(c2ccccc2)N2CCOCC2)cc1. The number of nitrogens with two attached hydrogens (primary N) is 1. The normalized spacial score (nSPS) is 15.7. The van der Waals surface area contributed by atoms with Gasteiger partial charge in [-0.1, -0.05) is 30.3 Å². The summed E-state index contributed by atoms with van der Waals surface area (Å²) >= 11 is 0. The van der Waals surface area contributed by atoms with Crippen molar-refractivity contribution in [2.45, 2.75) is 6.04 Å². The fourth-order valence-electron chi connectivity index (χ4n) is 3.16. The minimum Gasteiger partial charge on any atom is -0.379 e. The Bertz CT molecular complexity index is 759. The smallest absolute Gasteiger partial charge is 0.316 e. The highest BCUT2D eigenvalue weighted by molar-refractivity contribution is 5.95. The van der Waals surface area contributed by atoms with Gasteiger partial charge < -0.3 is 21.1 Å². The second-order valence-corrected chi connectivity index (χ2v) is 6.35. The summed E-state index contributed by atoms with van der Waals surface area (Å²) in [5, 5.41) is 5.50. The number of urea groups is 1. The number of hydrogen-bond donors (Lipinski definition) is 3. The molecule has 27 heavy (non-hydrogen) atoms. The van der Waals surface area contributed by atoms with E-state index in [1.165, 1.54) is 5.56 Å². The van der Waals surface area contributed by atoms with Crippen molar-refractivity contribution in [2.24, 2.45) is 5.73 Å². The van der Waals surface area contributed by atoms with Crippen LogP contribution in [0.1, 0.15) is 22.0 Å². The van der Waals surface area contributed by atoms with E-state index in [9.17, 15) is 9.59 Å². The van der Waals surface area contributed by atoms with Crippen molar-refractivity contribution in [3.8, 4) is 0 Å². The average Bonchev–Trinajstić information content (AvgIpc) is 2.70. The number of rotatable bonds is 6. The third-order valence-corrected chi connectivity index (χ3v) is 4.54. The third-order valence-electron chi connectivity index (χ3n) is 4.54. The Kier molecular flexibility index (Phi) is 6.40. The standard InChI is InChI=1S/C20H24N4O3/c21-20(26)23-17-8-6-16(7-9-17)19(25)22-14-18(15-4-2-1-3-5-15)24-10-12-27-13-11-24/h1-9,18H,10-14H2,(H,22,25)(H3,21,23,26). The van der Waals surface area contributed by atoms with Crippen molar-refractivity contribution in [1.29, 1.82) is 0 Å². The van der Waals surface area contributed by atoms with Crippen molar-refractivity contribution in [2.75, 3.05) is 38.2 Å². The van der Waals surface area contributed by atoms with E-state index in [1.54, 1.807) is 24.3 Å². The maximum absolute atomic E-state index is 12.5. The molecular formula is C20H24N4O3. The topological polar surface area (TPSA) is 96.7 Å². The number of benzene rings is 2. The molecule has 0 spiro atoms. The molecule has 142 valence electrons. The third kappa shape index (κ3) is 5.29. The molecule has 7 nitrogen and oxygen atoms in total. The van der Waals surface area contributed by atoms with Crippen LogP contribution >= 0.6 is 0 Å². The van der Waals surface area contributed by atoms with Crippen molar-refractivity contribution in [1.82, 2.24) is 10.2 Å². The predicted octanol–water partition coefficient (Wildman–Crippen LogP) is 1.98. The second-order valence-electron chi connectivity index (χ2n) is 6.35. The Morgan fingerprint density at radius 3 is 2.33 bits per heavy atom. The molecule has 0 aliphatic carbocycles. The van der Waals surface area contributed by atoms with Crippen LogP contribution in [0.3, 0.4) is 0 Å². The van der Waals surface area contributed by atoms with E-state index in [0.717, 1.165) is 13.1 Å². The number of ether oxygens (including phenoxy) is 1. The first-order valence-electron chi connectivity index (χ1n) is 8.95. The molecule has 0 bridgehead atoms. The Hall–Kier alpha value is -2.90. The number of carbonyl (C=O) groups is 2. The lowest BCUT2D eigenvalue weighted by molar-refractivity contribution is 0.0162. The zero-order valence-corrected chi connectivity index (χ0v) is 15.1. The van der Waals surface area contributed by atoms with Crippen LogP contribution in [0.25, 0.3) is 0 Å². The average molecular weight is 368 g/mol. The molecular weight excluding hydrogens is 344 g/mol. The highest BCUT2D eigenvalue weighted by Gasteiger charge is 2.23. The summed E-state index contributed by atoms with van der Waals surface area (Å²) in [7, 11) is 0. The molecule has 3 amide bonds. The molecule has 0 saturated carbocycles. The number of nitrogens with one attached hydrogen (secondary N) is 2. The summed E-state index contributed by atoms with van der Waals surface area (Å²) < 4.78 is 5.45. The maximum atomic E-state index is 12.5. The van der Waals surface area contributed by atoms with Crippen LogP contribution < -0.4 is 16.4 Å². The van der Waals surface area contributed by atoms with Crippen LogP contribution in [0.4, 0.5) is 10.5 Å². The molecule has 2 aromatic rings. The van der Waals surface area contributed by atoms with Gasteiger partial charge >= 0.3 is 6.03 Å². The van der Waals surface area contributed by atoms with E-state index >= 15 is 0 Å². The molecule has 2 aromatic carbocycles. The summed E-state index contributed by atoms with van der Waals surface area (Å²) in [5.41, 5.74) is 7.33. The first-order valence-corrected chi connectivity index (χ1v) is 8.95. The molecule has 1 saturated heterocycles. The molecule has 7 heteroatoms. The van der Waals surface area contributed by atoms with Gasteiger partial charge in [-0.05, 0) is 29.8 Å². The molecule has 1 atom stereocenters. The Morgan fingerprint density at radius 1 is 1.04 bits per heavy atom. The fourth-order valence-corrected chi connectivity index (χ4v) is 3.16. The first kappa shape index (κ1) is 18.9. The van der Waals surface area contributed by atoms with Gasteiger partial charge in [0.15, 0.2) is 0 Å². The number of amides is 3. The Morgan fingerprint density at radius 2 is 1.70 bits per heavy atom. The van der Waals surface area contributed by atoms with Gasteiger partial charge in [-0.2, -0.15) is 0 Å². The second kappa shape index (κ2) is 9.16. The molecule has 1 fully saturated rings. The molecule has 1 heterocycles. The molecule has 1 aliphatic heterocycles. The van der Waals surface area contributed by atoms with Gasteiger partial charge in [0, 0.05) is 30.9 Å². The van der Waals surface area contributed by atoms with Crippen LogP contribution in [0.2, 0.25) is 0 Å². The fraction of sp³-hybridized carbons (Fsp3) is 0.300. The van der Waals surface area contributed by atoms with Gasteiger partial charge in [0.25, 0.3) is 5.91 Å². The summed E-state index contributed by atoms with van der Waals surface area (Å²) in [6, 6.07) is 16.2. The van der Waals surface area contributed by atoms with Crippen molar-refractivity contribution >= 4 is 17.6 Å². The van der Waals surface area contributed by atoms with Crippen LogP contribution in [0.5, 0.6) is 0 Å². The molecule has 0 radical (unpaired) electrons. The summed E-state index contributed by atoms with van der Waals surface area (Å²) in [4.78, 5) is 25.7. The molecule has 1 aliphatic rings. The highest BCUT2D eigenvalue weighted by atomic mass is 16.5. The van der Waals surface area contributed by atoms with Gasteiger partial charge in [-0.15, -0.1) is 0 Å². The van der Waals surface area contributed by atoms with E-state index < -0.39 is 6.03 Å². The van der Waals surface area contributed by atoms with Crippen LogP contribution in [0.15, 0.2) is 54.6 Å². The highest BCUT2D eigenvalue weighted by Crippen LogP contribution is 2.21. The number of nitrogens with zero attached hydrogens (tertiary/aromatic N) is 1. The van der Waals surface area contributed by atoms with Crippen LogP contribution in [-0.4, -0.2) is 49.7 Å². The van der Waals surface area contributed by atoms with E-state index in [4.69, 9.17) is 10.5 Å². The Labute approximate surface area is 158 Å². The maximum Gasteiger partial charge on any atom is 0.316 e. The van der Waals surface area contributed by atoms with Crippen molar-refractivity contribution in [3.05, 3.63) is 65.7 Å². The van der Waals surface area contributed by atoms with Gasteiger partial charge in [0.2, 0.25) is 0 Å². The van der Waals surface area contributed by atoms with E-state index in [1.807, 2.05) is 18.2 Å². The van der Waals surface area contributed by atoms with Gasteiger partial charge in [-0.3, -0.25) is 9.69 Å². The van der Waals surface area contributed by atoms with Crippen molar-refractivity contribution in [3.63, 3.8) is 0 Å². The monoisotopic (exact) mass is 368 g/mol. The quantitative estimate of drug-likeness (QED) is 0.726. The summed E-state index contributed by atoms with van der Waals surface area (Å²) in [6.07, 6.45) is 0. The van der Waals surface area contributed by atoms with Crippen LogP contribution in [0, 0.1) is 0 Å². The lowest BCUT2D eigenvalue weighted by Gasteiger charge is -2.35. The number of morpholine rings is 1. The van der Waals surface area contributed by atoms with Gasteiger partial charge in [-0.25, -0.2) is 4.79 Å². The van der Waals surface area contributed by atoms with E-state index in [-0.39, 0.29) is 11.9 Å². The van der Waals surface area contributed by atoms with Crippen LogP contribution in [-0.2, 0) is 4.74 Å². The molecule has 0 aromatic heterocycles. The number of primary amides is 1. The first-order chi connectivity index (χ1) is 13.1. The zero-order chi connectivity index (χ0) is 19.1. The van der Waals surface area contributed by atoms with E-state index in [0.29, 0.717) is 31.0 Å². The minimum absolute atomic E-state index is 0.0925. The Balaban J connectivity index is 1.65. The number of carbonyl (C=O) groups excluding carboxylic acids is 2. The predicted molar refractivity (Wildman–Crippen MR) is 104 cm³/mol. The minimum atomic E-state index is -0.636. The molecule has 1 unspecified atom stereocenters. The number of anilines is 1. The molecule has 4 N–H and O–H groups in total. The molecule has 3 rings (SSSR count). The number of hydrogen-bond acceptors (Lipinski definition) is 4. The largest absolute Gasteiger partial charge is 0.379 e. The van der Waals surface area contributed by atoms with Crippen molar-refractivity contribution < 1.29 is 14.3 Å². The zero-order valence-electron chi connectivity index (χ0n) is 15.1. The van der Waals surface area contributed by atoms with E-state index in [2.05, 4.69) is 27.7 Å². The van der Waals surface area contributed by atoms with Gasteiger partial charge in [0.05, 0.1) is 19.3 Å². The summed E-state index contributed by atoms with van der Waals surface area (Å²) in [5.74, 6) is -0.158. The summed E-state index contributed by atoms with van der Waals surface area (Å²) in [6.45, 7) is 3.58. The lowest BCUT2D eigenvalue weighted by atomic mass is 10.0. The lowest BCUT2D eigenvalue weighted by Crippen LogP contribution is -2.43.